The van der Waals surface area contributed by atoms with Gasteiger partial charge in [0.1, 0.15) is 0 Å². The lowest BCUT2D eigenvalue weighted by atomic mass is 10.3. The van der Waals surface area contributed by atoms with Crippen LogP contribution in [0.25, 0.3) is 0 Å². The third-order valence-electron chi connectivity index (χ3n) is 2.27. The van der Waals surface area contributed by atoms with Crippen molar-refractivity contribution in [2.75, 3.05) is 6.54 Å². The second-order valence-corrected chi connectivity index (χ2v) is 4.89. The van der Waals surface area contributed by atoms with Crippen LogP contribution in [0.2, 0.25) is 0 Å². The van der Waals surface area contributed by atoms with Gasteiger partial charge in [-0.05, 0) is 13.0 Å². The van der Waals surface area contributed by atoms with Gasteiger partial charge in [-0.3, -0.25) is 9.58 Å². The minimum absolute atomic E-state index is 0.617. The number of fused-ring (bicyclic) bond motifs is 1. The van der Waals surface area contributed by atoms with E-state index in [1.165, 1.54) is 5.69 Å². The highest BCUT2D eigenvalue weighted by atomic mass is 127. The number of alkyl halides is 1. The van der Waals surface area contributed by atoms with Crippen LogP contribution in [0.15, 0.2) is 12.3 Å². The van der Waals surface area contributed by atoms with Gasteiger partial charge in [0.2, 0.25) is 0 Å². The monoisotopic (exact) mass is 277 g/mol. The van der Waals surface area contributed by atoms with E-state index in [9.17, 15) is 0 Å². The van der Waals surface area contributed by atoms with E-state index in [0.29, 0.717) is 4.05 Å². The first-order valence-corrected chi connectivity index (χ1v) is 5.41. The third-order valence-corrected chi connectivity index (χ3v) is 3.06. The van der Waals surface area contributed by atoms with Crippen LogP contribution in [0.4, 0.5) is 0 Å². The van der Waals surface area contributed by atoms with Gasteiger partial charge in [-0.15, -0.1) is 0 Å². The molecule has 1 aliphatic heterocycles. The summed E-state index contributed by atoms with van der Waals surface area (Å²) in [5.74, 6) is 0. The molecule has 2 rings (SSSR count). The molecule has 0 N–H and O–H groups in total. The van der Waals surface area contributed by atoms with Crippen LogP contribution < -0.4 is 0 Å². The molecule has 0 aliphatic carbocycles. The molecular formula is C8H12IN3. The fraction of sp³-hybridized carbons (Fsp3) is 0.625. The van der Waals surface area contributed by atoms with Crippen LogP contribution in [0.5, 0.6) is 0 Å². The molecule has 1 aromatic rings. The minimum Gasteiger partial charge on any atom is -0.284 e. The van der Waals surface area contributed by atoms with Gasteiger partial charge < -0.3 is 0 Å². The zero-order valence-electron chi connectivity index (χ0n) is 7.07. The topological polar surface area (TPSA) is 21.1 Å². The molecule has 0 amide bonds. The lowest BCUT2D eigenvalue weighted by Gasteiger charge is -2.29. The molecule has 66 valence electrons. The summed E-state index contributed by atoms with van der Waals surface area (Å²) in [7, 11) is 0. The van der Waals surface area contributed by atoms with Crippen molar-refractivity contribution < 1.29 is 0 Å². The van der Waals surface area contributed by atoms with E-state index >= 15 is 0 Å². The Kier molecular flexibility index (Phi) is 2.36. The van der Waals surface area contributed by atoms with Gasteiger partial charge in [0.05, 0.1) is 16.3 Å². The first-order chi connectivity index (χ1) is 5.77. The van der Waals surface area contributed by atoms with Gasteiger partial charge in [-0.1, -0.05) is 22.6 Å². The minimum atomic E-state index is 0.617. The molecule has 0 saturated carbocycles. The van der Waals surface area contributed by atoms with Crippen molar-refractivity contribution in [3.05, 3.63) is 18.0 Å². The molecular weight excluding hydrogens is 265 g/mol. The van der Waals surface area contributed by atoms with Crippen molar-refractivity contribution in [1.82, 2.24) is 14.7 Å². The molecule has 1 atom stereocenters. The summed E-state index contributed by atoms with van der Waals surface area (Å²) >= 11 is 2.45. The van der Waals surface area contributed by atoms with Crippen molar-refractivity contribution in [1.29, 1.82) is 0 Å². The van der Waals surface area contributed by atoms with Crippen molar-refractivity contribution in [3.8, 4) is 0 Å². The first kappa shape index (κ1) is 8.50. The van der Waals surface area contributed by atoms with E-state index in [1.54, 1.807) is 0 Å². The van der Waals surface area contributed by atoms with E-state index in [2.05, 4.69) is 50.3 Å². The molecule has 0 saturated heterocycles. The van der Waals surface area contributed by atoms with Gasteiger partial charge in [0.25, 0.3) is 0 Å². The normalized spacial score (nSPS) is 20.5. The number of nitrogens with zero attached hydrogens (tertiary/aromatic N) is 3. The maximum absolute atomic E-state index is 4.24. The summed E-state index contributed by atoms with van der Waals surface area (Å²) in [6.07, 6.45) is 1.89. The average Bonchev–Trinajstić information content (AvgIpc) is 2.49. The summed E-state index contributed by atoms with van der Waals surface area (Å²) < 4.78 is 2.71. The lowest BCUT2D eigenvalue weighted by molar-refractivity contribution is 0.214. The van der Waals surface area contributed by atoms with Crippen molar-refractivity contribution >= 4 is 22.6 Å². The van der Waals surface area contributed by atoms with Crippen molar-refractivity contribution in [2.45, 2.75) is 24.1 Å². The standard InChI is InChI=1S/C8H12IN3/c1-7(9)11-4-5-12-8(6-11)2-3-10-12/h2-3,7H,4-6H2,1H3. The Balaban J connectivity index is 2.15. The van der Waals surface area contributed by atoms with Gasteiger partial charge in [0, 0.05) is 19.3 Å². The van der Waals surface area contributed by atoms with Gasteiger partial charge in [-0.25, -0.2) is 0 Å². The molecule has 0 spiro atoms. The largest absolute Gasteiger partial charge is 0.284 e. The van der Waals surface area contributed by atoms with Gasteiger partial charge in [0.15, 0.2) is 0 Å². The summed E-state index contributed by atoms with van der Waals surface area (Å²) in [5, 5.41) is 4.24. The molecule has 2 heterocycles. The van der Waals surface area contributed by atoms with E-state index in [0.717, 1.165) is 19.6 Å². The van der Waals surface area contributed by atoms with Gasteiger partial charge >= 0.3 is 0 Å². The van der Waals surface area contributed by atoms with Crippen LogP contribution >= 0.6 is 22.6 Å². The molecule has 1 unspecified atom stereocenters. The zero-order chi connectivity index (χ0) is 8.55. The Morgan fingerprint density at radius 2 is 2.42 bits per heavy atom. The lowest BCUT2D eigenvalue weighted by Crippen LogP contribution is -2.36. The number of aromatic nitrogens is 2. The molecule has 4 heteroatoms. The molecule has 0 bridgehead atoms. The highest BCUT2D eigenvalue weighted by Gasteiger charge is 2.18. The Morgan fingerprint density at radius 3 is 3.17 bits per heavy atom. The maximum atomic E-state index is 4.24. The SMILES string of the molecule is CC(I)N1CCn2nccc2C1. The number of rotatable bonds is 1. The predicted octanol–water partition coefficient (Wildman–Crippen LogP) is 1.48. The van der Waals surface area contributed by atoms with Crippen molar-refractivity contribution in [3.63, 3.8) is 0 Å². The summed E-state index contributed by atoms with van der Waals surface area (Å²) in [6, 6.07) is 2.10. The Hall–Kier alpha value is -0.100. The zero-order valence-corrected chi connectivity index (χ0v) is 9.23. The smallest absolute Gasteiger partial charge is 0.0594 e. The highest BCUT2D eigenvalue weighted by Crippen LogP contribution is 2.16. The molecule has 12 heavy (non-hydrogen) atoms. The fourth-order valence-corrected chi connectivity index (χ4v) is 1.99. The van der Waals surface area contributed by atoms with E-state index in [4.69, 9.17) is 0 Å². The summed E-state index contributed by atoms with van der Waals surface area (Å²) in [4.78, 5) is 2.46. The van der Waals surface area contributed by atoms with Crippen LogP contribution in [-0.2, 0) is 13.1 Å². The molecule has 3 nitrogen and oxygen atoms in total. The summed E-state index contributed by atoms with van der Waals surface area (Å²) in [6.45, 7) is 5.44. The maximum Gasteiger partial charge on any atom is 0.0594 e. The van der Waals surface area contributed by atoms with Gasteiger partial charge in [-0.2, -0.15) is 5.10 Å². The molecule has 0 fully saturated rings. The van der Waals surface area contributed by atoms with Crippen LogP contribution in [-0.4, -0.2) is 25.3 Å². The second kappa shape index (κ2) is 3.33. The Morgan fingerprint density at radius 1 is 1.58 bits per heavy atom. The number of halogens is 1. The number of hydrogen-bond donors (Lipinski definition) is 0. The van der Waals surface area contributed by atoms with Crippen LogP contribution in [0, 0.1) is 0 Å². The van der Waals surface area contributed by atoms with E-state index < -0.39 is 0 Å². The summed E-state index contributed by atoms with van der Waals surface area (Å²) in [5.41, 5.74) is 1.34. The molecule has 1 aliphatic rings. The molecule has 0 radical (unpaired) electrons. The number of hydrogen-bond acceptors (Lipinski definition) is 2. The Labute approximate surface area is 85.9 Å². The highest BCUT2D eigenvalue weighted by molar-refractivity contribution is 14.1. The predicted molar refractivity (Wildman–Crippen MR) is 56.1 cm³/mol. The Bertz CT molecular complexity index is 269. The average molecular weight is 277 g/mol. The van der Waals surface area contributed by atoms with Crippen LogP contribution in [0.1, 0.15) is 12.6 Å². The van der Waals surface area contributed by atoms with E-state index in [-0.39, 0.29) is 0 Å². The fourth-order valence-electron chi connectivity index (χ4n) is 1.51. The van der Waals surface area contributed by atoms with Crippen LogP contribution in [0.3, 0.4) is 0 Å². The van der Waals surface area contributed by atoms with Crippen molar-refractivity contribution in [2.24, 2.45) is 0 Å². The molecule has 1 aromatic heterocycles. The first-order valence-electron chi connectivity index (χ1n) is 4.16. The van der Waals surface area contributed by atoms with E-state index in [1.807, 2.05) is 6.20 Å². The third kappa shape index (κ3) is 1.50. The molecule has 0 aromatic carbocycles. The quantitative estimate of drug-likeness (QED) is 0.440. The second-order valence-electron chi connectivity index (χ2n) is 3.09.